The molecule has 0 aromatic carbocycles. The first-order valence-corrected chi connectivity index (χ1v) is 7.41. The lowest BCUT2D eigenvalue weighted by atomic mass is 9.81. The van der Waals surface area contributed by atoms with Gasteiger partial charge in [0.15, 0.2) is 6.10 Å². The Bertz CT molecular complexity index is 322. The van der Waals surface area contributed by atoms with E-state index in [1.807, 2.05) is 0 Å². The van der Waals surface area contributed by atoms with Gasteiger partial charge in [-0.2, -0.15) is 0 Å². The van der Waals surface area contributed by atoms with E-state index in [1.54, 1.807) is 0 Å². The van der Waals surface area contributed by atoms with Crippen molar-refractivity contribution in [2.45, 2.75) is 51.6 Å². The Morgan fingerprint density at radius 2 is 1.95 bits per heavy atom. The average molecular weight is 286 g/mol. The molecule has 0 aromatic heterocycles. The van der Waals surface area contributed by atoms with Gasteiger partial charge in [0, 0.05) is 19.5 Å². The summed E-state index contributed by atoms with van der Waals surface area (Å²) in [7, 11) is 0. The fourth-order valence-electron chi connectivity index (χ4n) is 2.72. The monoisotopic (exact) mass is 286 g/mol. The van der Waals surface area contributed by atoms with E-state index in [1.165, 1.54) is 25.7 Å². The largest absolute Gasteiger partial charge is 0.479 e. The average Bonchev–Trinajstić information content (AvgIpc) is 2.38. The fraction of sp³-hybridized carbons (Fsp3) is 0.857. The van der Waals surface area contributed by atoms with Crippen LogP contribution in [0.5, 0.6) is 0 Å². The molecule has 6 nitrogen and oxygen atoms in total. The van der Waals surface area contributed by atoms with Crippen LogP contribution in [-0.2, 0) is 4.79 Å². The van der Waals surface area contributed by atoms with Crippen molar-refractivity contribution in [3.05, 3.63) is 0 Å². The Morgan fingerprint density at radius 1 is 1.25 bits per heavy atom. The van der Waals surface area contributed by atoms with Gasteiger partial charge >= 0.3 is 12.0 Å². The second-order valence-corrected chi connectivity index (χ2v) is 5.75. The molecule has 3 atom stereocenters. The molecular weight excluding hydrogens is 260 g/mol. The van der Waals surface area contributed by atoms with E-state index in [0.29, 0.717) is 12.5 Å². The highest BCUT2D eigenvalue weighted by Crippen LogP contribution is 2.30. The molecule has 1 fully saturated rings. The minimum Gasteiger partial charge on any atom is -0.479 e. The third kappa shape index (κ3) is 6.75. The van der Waals surface area contributed by atoms with Crippen LogP contribution in [0.2, 0.25) is 0 Å². The predicted octanol–water partition coefficient (Wildman–Crippen LogP) is 1.34. The Balaban J connectivity index is 2.04. The Morgan fingerprint density at radius 3 is 2.60 bits per heavy atom. The van der Waals surface area contributed by atoms with Gasteiger partial charge in [0.2, 0.25) is 0 Å². The van der Waals surface area contributed by atoms with Crippen molar-refractivity contribution in [2.24, 2.45) is 11.8 Å². The molecule has 6 heteroatoms. The minimum atomic E-state index is -1.42. The van der Waals surface area contributed by atoms with Gasteiger partial charge in [-0.05, 0) is 24.7 Å². The van der Waals surface area contributed by atoms with Crippen LogP contribution in [0.15, 0.2) is 0 Å². The molecule has 0 spiro atoms. The van der Waals surface area contributed by atoms with E-state index in [0.717, 1.165) is 12.3 Å². The van der Waals surface area contributed by atoms with Crippen molar-refractivity contribution in [1.29, 1.82) is 0 Å². The van der Waals surface area contributed by atoms with Crippen LogP contribution in [-0.4, -0.2) is 41.4 Å². The summed E-state index contributed by atoms with van der Waals surface area (Å²) in [5, 5.41) is 22.8. The second-order valence-electron chi connectivity index (χ2n) is 5.75. The summed E-state index contributed by atoms with van der Waals surface area (Å²) in [4.78, 5) is 21.8. The van der Waals surface area contributed by atoms with Gasteiger partial charge in [-0.3, -0.25) is 0 Å². The fourth-order valence-corrected chi connectivity index (χ4v) is 2.72. The molecule has 1 saturated carbocycles. The van der Waals surface area contributed by atoms with Gasteiger partial charge in [0.1, 0.15) is 0 Å². The normalized spacial score (nSPS) is 23.9. The first kappa shape index (κ1) is 16.8. The standard InChI is InChI=1S/C14H26N2O4/c1-10-3-2-4-11(9-10)5-7-15-14(20)16-8-6-12(17)13(18)19/h10-12,17H,2-9H2,1H3,(H,18,19)(H2,15,16,20). The smallest absolute Gasteiger partial charge is 0.332 e. The van der Waals surface area contributed by atoms with E-state index in [-0.39, 0.29) is 19.0 Å². The number of rotatable bonds is 7. The van der Waals surface area contributed by atoms with E-state index in [2.05, 4.69) is 17.6 Å². The maximum absolute atomic E-state index is 11.4. The topological polar surface area (TPSA) is 98.7 Å². The van der Waals surface area contributed by atoms with E-state index in [9.17, 15) is 9.59 Å². The molecule has 1 rings (SSSR count). The number of carbonyl (C=O) groups is 2. The third-order valence-electron chi connectivity index (χ3n) is 3.87. The summed E-state index contributed by atoms with van der Waals surface area (Å²) in [6.07, 6.45) is 4.69. The molecule has 116 valence electrons. The van der Waals surface area contributed by atoms with Crippen molar-refractivity contribution in [3.63, 3.8) is 0 Å². The van der Waals surface area contributed by atoms with Crippen LogP contribution >= 0.6 is 0 Å². The van der Waals surface area contributed by atoms with Crippen molar-refractivity contribution >= 4 is 12.0 Å². The maximum atomic E-state index is 11.4. The van der Waals surface area contributed by atoms with Crippen molar-refractivity contribution in [3.8, 4) is 0 Å². The molecule has 0 heterocycles. The van der Waals surface area contributed by atoms with Crippen molar-refractivity contribution in [2.75, 3.05) is 13.1 Å². The number of carboxylic acids is 1. The number of aliphatic hydroxyl groups is 1. The van der Waals surface area contributed by atoms with Crippen LogP contribution in [0.1, 0.15) is 45.4 Å². The molecule has 0 bridgehead atoms. The maximum Gasteiger partial charge on any atom is 0.332 e. The Hall–Kier alpha value is -1.30. The Kier molecular flexibility index (Phi) is 7.36. The van der Waals surface area contributed by atoms with E-state index < -0.39 is 12.1 Å². The van der Waals surface area contributed by atoms with Gasteiger partial charge in [-0.15, -0.1) is 0 Å². The number of aliphatic hydroxyl groups excluding tert-OH is 1. The number of urea groups is 1. The number of hydrogen-bond donors (Lipinski definition) is 4. The zero-order valence-electron chi connectivity index (χ0n) is 12.1. The summed E-state index contributed by atoms with van der Waals surface area (Å²) in [6, 6.07) is -0.300. The molecule has 4 N–H and O–H groups in total. The summed E-state index contributed by atoms with van der Waals surface area (Å²) >= 11 is 0. The van der Waals surface area contributed by atoms with Crippen LogP contribution in [0.3, 0.4) is 0 Å². The highest BCUT2D eigenvalue weighted by Gasteiger charge is 2.18. The molecule has 3 unspecified atom stereocenters. The van der Waals surface area contributed by atoms with Gasteiger partial charge in [-0.25, -0.2) is 9.59 Å². The summed E-state index contributed by atoms with van der Waals surface area (Å²) in [5.74, 6) is 0.228. The molecule has 0 radical (unpaired) electrons. The van der Waals surface area contributed by atoms with Crippen LogP contribution in [0.25, 0.3) is 0 Å². The zero-order valence-corrected chi connectivity index (χ0v) is 12.1. The molecule has 0 aliphatic heterocycles. The molecule has 0 saturated heterocycles. The lowest BCUT2D eigenvalue weighted by molar-refractivity contribution is -0.146. The molecule has 20 heavy (non-hydrogen) atoms. The lowest BCUT2D eigenvalue weighted by Gasteiger charge is -2.26. The number of nitrogens with one attached hydrogen (secondary N) is 2. The molecule has 1 aliphatic carbocycles. The van der Waals surface area contributed by atoms with Crippen molar-refractivity contribution < 1.29 is 19.8 Å². The number of aliphatic carboxylic acids is 1. The van der Waals surface area contributed by atoms with Gasteiger partial charge in [-0.1, -0.05) is 26.2 Å². The second kappa shape index (κ2) is 8.79. The lowest BCUT2D eigenvalue weighted by Crippen LogP contribution is -2.38. The summed E-state index contributed by atoms with van der Waals surface area (Å²) in [5.41, 5.74) is 0. The van der Waals surface area contributed by atoms with E-state index in [4.69, 9.17) is 10.2 Å². The molecule has 1 aliphatic rings. The van der Waals surface area contributed by atoms with Crippen molar-refractivity contribution in [1.82, 2.24) is 10.6 Å². The first-order valence-electron chi connectivity index (χ1n) is 7.41. The number of hydrogen-bond acceptors (Lipinski definition) is 3. The third-order valence-corrected chi connectivity index (χ3v) is 3.87. The van der Waals surface area contributed by atoms with Gasteiger partial charge < -0.3 is 20.8 Å². The van der Waals surface area contributed by atoms with Gasteiger partial charge in [0.25, 0.3) is 0 Å². The van der Waals surface area contributed by atoms with Crippen LogP contribution < -0.4 is 10.6 Å². The SMILES string of the molecule is CC1CCCC(CCNC(=O)NCCC(O)C(=O)O)C1. The Labute approximate surface area is 119 Å². The van der Waals surface area contributed by atoms with Crippen LogP contribution in [0.4, 0.5) is 4.79 Å². The highest BCUT2D eigenvalue weighted by molar-refractivity contribution is 5.74. The zero-order chi connectivity index (χ0) is 15.0. The number of carbonyl (C=O) groups excluding carboxylic acids is 1. The highest BCUT2D eigenvalue weighted by atomic mass is 16.4. The predicted molar refractivity (Wildman–Crippen MR) is 75.4 cm³/mol. The summed E-state index contributed by atoms with van der Waals surface area (Å²) in [6.45, 7) is 3.07. The number of carboxylic acid groups (broad SMARTS) is 1. The summed E-state index contributed by atoms with van der Waals surface area (Å²) < 4.78 is 0. The van der Waals surface area contributed by atoms with Crippen LogP contribution in [0, 0.1) is 11.8 Å². The molecule has 0 aromatic rings. The molecule has 2 amide bonds. The van der Waals surface area contributed by atoms with E-state index >= 15 is 0 Å². The molecular formula is C14H26N2O4. The minimum absolute atomic E-state index is 0.0168. The van der Waals surface area contributed by atoms with Gasteiger partial charge in [0.05, 0.1) is 0 Å². The quantitative estimate of drug-likeness (QED) is 0.567. The number of amides is 2. The first-order chi connectivity index (χ1) is 9.49.